The second kappa shape index (κ2) is 7.22. The van der Waals surface area contributed by atoms with Crippen molar-refractivity contribution in [1.29, 1.82) is 0 Å². The van der Waals surface area contributed by atoms with E-state index in [1.54, 1.807) is 12.1 Å². The minimum Gasteiger partial charge on any atom is -0.490 e. The van der Waals surface area contributed by atoms with E-state index in [1.165, 1.54) is 12.1 Å². The third-order valence-electron chi connectivity index (χ3n) is 3.56. The van der Waals surface area contributed by atoms with Gasteiger partial charge in [0.2, 0.25) is 6.17 Å². The Labute approximate surface area is 136 Å². The van der Waals surface area contributed by atoms with E-state index in [2.05, 4.69) is 4.74 Å². The van der Waals surface area contributed by atoms with Gasteiger partial charge in [-0.05, 0) is 30.0 Å². The van der Waals surface area contributed by atoms with Crippen molar-refractivity contribution in [1.82, 2.24) is 0 Å². The third-order valence-corrected chi connectivity index (χ3v) is 4.48. The fourth-order valence-corrected chi connectivity index (χ4v) is 2.23. The first-order chi connectivity index (χ1) is 10.8. The van der Waals surface area contributed by atoms with E-state index in [0.29, 0.717) is 0 Å². The Balaban J connectivity index is 2.80. The lowest BCUT2D eigenvalue weighted by Gasteiger charge is -2.26. The van der Waals surface area contributed by atoms with Crippen molar-refractivity contribution < 1.29 is 39.7 Å². The summed E-state index contributed by atoms with van der Waals surface area (Å²) in [6, 6.07) is 5.93. The highest BCUT2D eigenvalue weighted by Gasteiger charge is 2.70. The van der Waals surface area contributed by atoms with Crippen LogP contribution in [0.1, 0.15) is 31.7 Å². The second-order valence-electron chi connectivity index (χ2n) is 5.27. The van der Waals surface area contributed by atoms with Crippen molar-refractivity contribution in [2.24, 2.45) is 0 Å². The zero-order chi connectivity index (χ0) is 18.8. The summed E-state index contributed by atoms with van der Waals surface area (Å²) in [7, 11) is -6.48. The molecule has 0 saturated carbocycles. The van der Waals surface area contributed by atoms with Crippen LogP contribution in [0.15, 0.2) is 24.3 Å². The smallest absolute Gasteiger partial charge is 0.434 e. The molecule has 10 heteroatoms. The molecule has 0 bridgehead atoms. The second-order valence-corrected chi connectivity index (χ2v) is 6.73. The van der Waals surface area contributed by atoms with Gasteiger partial charge in [0.05, 0.1) is 0 Å². The van der Waals surface area contributed by atoms with Crippen LogP contribution in [0, 0.1) is 0 Å². The van der Waals surface area contributed by atoms with Gasteiger partial charge in [0.15, 0.2) is 0 Å². The molecular weight excluding hydrogens is 359 g/mol. The van der Waals surface area contributed by atoms with Crippen LogP contribution in [0.4, 0.5) is 22.0 Å². The number of hydrogen-bond acceptors (Lipinski definition) is 3. The maximum absolute atomic E-state index is 13.4. The molecule has 0 aliphatic heterocycles. The predicted octanol–water partition coefficient (Wildman–Crippen LogP) is 4.03. The highest BCUT2D eigenvalue weighted by Crippen LogP contribution is 2.42. The minimum absolute atomic E-state index is 0.0457. The Morgan fingerprint density at radius 3 is 2.08 bits per heavy atom. The van der Waals surface area contributed by atoms with Crippen molar-refractivity contribution in [3.8, 4) is 5.75 Å². The van der Waals surface area contributed by atoms with E-state index in [-0.39, 0.29) is 11.7 Å². The first kappa shape index (κ1) is 20.6. The van der Waals surface area contributed by atoms with Gasteiger partial charge in [-0.15, -0.1) is 0 Å². The molecule has 24 heavy (non-hydrogen) atoms. The molecule has 2 unspecified atom stereocenters. The van der Waals surface area contributed by atoms with Gasteiger partial charge in [-0.25, -0.2) is 4.39 Å². The summed E-state index contributed by atoms with van der Waals surface area (Å²) < 4.78 is 99.4. The lowest BCUT2D eigenvalue weighted by atomic mass is 9.99. The van der Waals surface area contributed by atoms with Gasteiger partial charge in [-0.3, -0.25) is 4.55 Å². The number of hydrogen-bond donors (Lipinski definition) is 1. The highest BCUT2D eigenvalue weighted by molar-refractivity contribution is 7.87. The Morgan fingerprint density at radius 1 is 1.17 bits per heavy atom. The molecule has 0 aliphatic rings. The first-order valence-corrected chi connectivity index (χ1v) is 8.38. The fraction of sp³-hybridized carbons (Fsp3) is 0.571. The van der Waals surface area contributed by atoms with E-state index in [9.17, 15) is 30.4 Å². The van der Waals surface area contributed by atoms with E-state index in [1.807, 2.05) is 13.8 Å². The van der Waals surface area contributed by atoms with Gasteiger partial charge in [0.1, 0.15) is 12.4 Å². The molecule has 0 spiro atoms. The largest absolute Gasteiger partial charge is 0.490 e. The van der Waals surface area contributed by atoms with Crippen LogP contribution in [0.2, 0.25) is 0 Å². The highest BCUT2D eigenvalue weighted by atomic mass is 32.2. The van der Waals surface area contributed by atoms with E-state index in [0.717, 1.165) is 12.0 Å². The lowest BCUT2D eigenvalue weighted by molar-refractivity contribution is -0.202. The van der Waals surface area contributed by atoms with Gasteiger partial charge in [0.25, 0.3) is 0 Å². The van der Waals surface area contributed by atoms with Gasteiger partial charge in [-0.1, -0.05) is 26.0 Å². The standard InChI is InChI=1S/C14H17F5O4S/c1-3-9(2)10-4-6-11(7-5-10)23-8-12(15)13(16,17)14(18,19)24(20,21)22/h4-7,9,12H,3,8H2,1-2H3,(H,20,21,22). The SMILES string of the molecule is CCC(C)c1ccc(OCC(F)C(F)(F)C(F)(F)S(=O)(=O)O)cc1. The van der Waals surface area contributed by atoms with Crippen LogP contribution in [0.25, 0.3) is 0 Å². The summed E-state index contributed by atoms with van der Waals surface area (Å²) in [4.78, 5) is 0. The van der Waals surface area contributed by atoms with Crippen molar-refractivity contribution >= 4 is 10.1 Å². The van der Waals surface area contributed by atoms with E-state index in [4.69, 9.17) is 4.55 Å². The molecule has 0 aromatic heterocycles. The molecule has 0 amide bonds. The van der Waals surface area contributed by atoms with Crippen LogP contribution in [-0.2, 0) is 10.1 Å². The molecule has 0 heterocycles. The van der Waals surface area contributed by atoms with E-state index < -0.39 is 34.1 Å². The maximum atomic E-state index is 13.4. The van der Waals surface area contributed by atoms with Gasteiger partial charge >= 0.3 is 21.3 Å². The van der Waals surface area contributed by atoms with Crippen LogP contribution in [0.3, 0.4) is 0 Å². The normalized spacial score (nSPS) is 15.8. The Morgan fingerprint density at radius 2 is 1.67 bits per heavy atom. The minimum atomic E-state index is -6.48. The molecule has 1 N–H and O–H groups in total. The summed E-state index contributed by atoms with van der Waals surface area (Å²) in [6.45, 7) is 2.40. The summed E-state index contributed by atoms with van der Waals surface area (Å²) >= 11 is 0. The van der Waals surface area contributed by atoms with Gasteiger partial charge < -0.3 is 4.74 Å². The summed E-state index contributed by atoms with van der Waals surface area (Å²) in [5.74, 6) is -5.47. The summed E-state index contributed by atoms with van der Waals surface area (Å²) in [6.07, 6.45) is -2.80. The van der Waals surface area contributed by atoms with Crippen LogP contribution in [-0.4, -0.2) is 36.9 Å². The van der Waals surface area contributed by atoms with Crippen molar-refractivity contribution in [3.05, 3.63) is 29.8 Å². The Bertz CT molecular complexity index is 646. The zero-order valence-electron chi connectivity index (χ0n) is 12.8. The van der Waals surface area contributed by atoms with Crippen molar-refractivity contribution in [2.75, 3.05) is 6.61 Å². The zero-order valence-corrected chi connectivity index (χ0v) is 13.7. The third kappa shape index (κ3) is 4.15. The van der Waals surface area contributed by atoms with E-state index >= 15 is 0 Å². The molecule has 4 nitrogen and oxygen atoms in total. The summed E-state index contributed by atoms with van der Waals surface area (Å²) in [5, 5.41) is -5.97. The number of benzene rings is 1. The Hall–Kier alpha value is -1.42. The van der Waals surface area contributed by atoms with Crippen LogP contribution < -0.4 is 4.74 Å². The molecule has 0 saturated heterocycles. The molecule has 2 atom stereocenters. The quantitative estimate of drug-likeness (QED) is 0.550. The topological polar surface area (TPSA) is 63.6 Å². The molecule has 138 valence electrons. The molecule has 1 aromatic rings. The molecule has 0 fully saturated rings. The maximum Gasteiger partial charge on any atom is 0.434 e. The molecule has 1 rings (SSSR count). The number of ether oxygens (including phenoxy) is 1. The number of halogens is 5. The summed E-state index contributed by atoms with van der Waals surface area (Å²) in [5.41, 5.74) is 0.921. The molecule has 0 aliphatic carbocycles. The average Bonchev–Trinajstić information content (AvgIpc) is 2.50. The predicted molar refractivity (Wildman–Crippen MR) is 77.0 cm³/mol. The van der Waals surface area contributed by atoms with Gasteiger partial charge in [0, 0.05) is 0 Å². The van der Waals surface area contributed by atoms with Crippen LogP contribution >= 0.6 is 0 Å². The van der Waals surface area contributed by atoms with Crippen LogP contribution in [0.5, 0.6) is 5.75 Å². The Kier molecular flexibility index (Phi) is 6.20. The molecule has 0 radical (unpaired) electrons. The number of rotatable bonds is 8. The molecular formula is C14H17F5O4S. The van der Waals surface area contributed by atoms with Crippen molar-refractivity contribution in [3.63, 3.8) is 0 Å². The number of alkyl halides is 5. The average molecular weight is 376 g/mol. The first-order valence-electron chi connectivity index (χ1n) is 6.94. The lowest BCUT2D eigenvalue weighted by Crippen LogP contribution is -2.54. The van der Waals surface area contributed by atoms with Crippen molar-refractivity contribution in [2.45, 2.75) is 43.5 Å². The van der Waals surface area contributed by atoms with Gasteiger partial charge in [-0.2, -0.15) is 26.0 Å². The fourth-order valence-electron chi connectivity index (χ4n) is 1.76. The molecule has 1 aromatic carbocycles. The monoisotopic (exact) mass is 376 g/mol.